The summed E-state index contributed by atoms with van der Waals surface area (Å²) in [5.74, 6) is -0.564. The van der Waals surface area contributed by atoms with Gasteiger partial charge in [-0.15, -0.1) is 0 Å². The minimum Gasteiger partial charge on any atom is -0.493 e. The average Bonchev–Trinajstić information content (AvgIpc) is 3.47. The van der Waals surface area contributed by atoms with Crippen molar-refractivity contribution < 1.29 is 33.0 Å². The van der Waals surface area contributed by atoms with E-state index < -0.39 is 17.9 Å². The van der Waals surface area contributed by atoms with Gasteiger partial charge in [-0.25, -0.2) is 9.59 Å². The van der Waals surface area contributed by atoms with Crippen molar-refractivity contribution in [2.24, 2.45) is 0 Å². The second-order valence-corrected chi connectivity index (χ2v) is 9.80. The number of amides is 3. The number of rotatable bonds is 8. The molecule has 0 radical (unpaired) electrons. The third-order valence-electron chi connectivity index (χ3n) is 5.39. The summed E-state index contributed by atoms with van der Waals surface area (Å²) < 4.78 is 21.7. The monoisotopic (exact) mass is 642 g/mol. The molecule has 2 aromatic carbocycles. The van der Waals surface area contributed by atoms with Crippen LogP contribution in [-0.2, 0) is 22.7 Å². The van der Waals surface area contributed by atoms with Gasteiger partial charge in [-0.3, -0.25) is 9.69 Å². The first-order valence-corrected chi connectivity index (χ1v) is 12.7. The molecule has 0 spiro atoms. The lowest BCUT2D eigenvalue weighted by atomic mass is 10.1. The smallest absolute Gasteiger partial charge is 0.373 e. The first kappa shape index (κ1) is 27.8. The van der Waals surface area contributed by atoms with E-state index in [4.69, 9.17) is 48.7 Å². The van der Waals surface area contributed by atoms with Gasteiger partial charge in [-0.05, 0) is 57.9 Å². The molecule has 9 nitrogen and oxygen atoms in total. The van der Waals surface area contributed by atoms with Gasteiger partial charge in [-0.2, -0.15) is 0 Å². The van der Waals surface area contributed by atoms with Crippen molar-refractivity contribution in [2.75, 3.05) is 14.2 Å². The van der Waals surface area contributed by atoms with Crippen LogP contribution in [0.15, 0.2) is 51.0 Å². The number of imide groups is 1. The quantitative estimate of drug-likeness (QED) is 0.170. The number of benzene rings is 2. The van der Waals surface area contributed by atoms with E-state index in [0.717, 1.165) is 4.90 Å². The Labute approximate surface area is 240 Å². The van der Waals surface area contributed by atoms with Gasteiger partial charge in [0, 0.05) is 20.1 Å². The first-order valence-electron chi connectivity index (χ1n) is 10.8. The molecule has 3 aromatic rings. The molecule has 38 heavy (non-hydrogen) atoms. The van der Waals surface area contributed by atoms with E-state index in [1.54, 1.807) is 24.3 Å². The topological polar surface area (TPSA) is 107 Å². The second kappa shape index (κ2) is 11.7. The fraction of sp³-hybridized carbons (Fsp3) is 0.160. The number of nitrogens with zero attached hydrogens (tertiary/aromatic N) is 1. The number of furan rings is 1. The minimum absolute atomic E-state index is 0.00446. The lowest BCUT2D eigenvalue weighted by Crippen LogP contribution is -2.30. The standard InChI is InChI=1S/C25H18BrCl3N2O7/c1-35-19-8-13(20(26)21(29)22(19)37-11-12-3-4-14(27)9-16(12)28)7-17-23(32)31(25(34)30-17)10-15-5-6-18(38-15)24(33)36-2/h3-9H,10-11H2,1-2H3,(H,30,34)/b17-7-. The molecule has 13 heteroatoms. The number of nitrogens with one attached hydrogen (secondary N) is 1. The molecule has 2 heterocycles. The van der Waals surface area contributed by atoms with Crippen LogP contribution in [0.4, 0.5) is 4.79 Å². The van der Waals surface area contributed by atoms with Crippen LogP contribution in [0, 0.1) is 0 Å². The summed E-state index contributed by atoms with van der Waals surface area (Å²) in [5.41, 5.74) is 1.13. The van der Waals surface area contributed by atoms with Crippen LogP contribution >= 0.6 is 50.7 Å². The fourth-order valence-corrected chi connectivity index (χ4v) is 4.61. The molecule has 3 amide bonds. The van der Waals surface area contributed by atoms with E-state index in [1.165, 1.54) is 32.4 Å². The summed E-state index contributed by atoms with van der Waals surface area (Å²) >= 11 is 22.2. The van der Waals surface area contributed by atoms with Crippen LogP contribution in [0.3, 0.4) is 0 Å². The zero-order chi connectivity index (χ0) is 27.6. The Bertz CT molecular complexity index is 1470. The van der Waals surface area contributed by atoms with Gasteiger partial charge in [0.25, 0.3) is 5.91 Å². The number of hydrogen-bond acceptors (Lipinski definition) is 7. The van der Waals surface area contributed by atoms with Gasteiger partial charge in [0.15, 0.2) is 11.5 Å². The number of methoxy groups -OCH3 is 2. The third-order valence-corrected chi connectivity index (χ3v) is 7.42. The van der Waals surface area contributed by atoms with Gasteiger partial charge < -0.3 is 23.9 Å². The van der Waals surface area contributed by atoms with Gasteiger partial charge in [-0.1, -0.05) is 40.9 Å². The summed E-state index contributed by atoms with van der Waals surface area (Å²) in [7, 11) is 2.65. The van der Waals surface area contributed by atoms with Crippen molar-refractivity contribution in [1.82, 2.24) is 10.2 Å². The lowest BCUT2D eigenvalue weighted by molar-refractivity contribution is -0.123. The number of esters is 1. The van der Waals surface area contributed by atoms with Gasteiger partial charge in [0.2, 0.25) is 5.76 Å². The van der Waals surface area contributed by atoms with Crippen LogP contribution in [0.5, 0.6) is 11.5 Å². The van der Waals surface area contributed by atoms with Crippen molar-refractivity contribution in [3.8, 4) is 11.5 Å². The summed E-state index contributed by atoms with van der Waals surface area (Å²) in [5, 5.41) is 3.64. The Kier molecular flexibility index (Phi) is 8.57. The van der Waals surface area contributed by atoms with E-state index in [0.29, 0.717) is 25.6 Å². The van der Waals surface area contributed by atoms with E-state index >= 15 is 0 Å². The molecule has 1 saturated heterocycles. The highest BCUT2D eigenvalue weighted by Gasteiger charge is 2.35. The molecule has 4 rings (SSSR count). The number of hydrogen-bond donors (Lipinski definition) is 1. The van der Waals surface area contributed by atoms with Crippen molar-refractivity contribution >= 4 is 74.7 Å². The van der Waals surface area contributed by atoms with Crippen molar-refractivity contribution in [2.45, 2.75) is 13.2 Å². The SMILES string of the molecule is COC(=O)c1ccc(CN2C(=O)N/C(=C\c3cc(OC)c(OCc4ccc(Cl)cc4Cl)c(Cl)c3Br)C2=O)o1. The van der Waals surface area contributed by atoms with Crippen molar-refractivity contribution in [1.29, 1.82) is 0 Å². The molecule has 1 aliphatic rings. The molecular weight excluding hydrogens is 627 g/mol. The maximum Gasteiger partial charge on any atom is 0.373 e. The van der Waals surface area contributed by atoms with Gasteiger partial charge >= 0.3 is 12.0 Å². The Morgan fingerprint density at radius 1 is 1.13 bits per heavy atom. The zero-order valence-corrected chi connectivity index (χ0v) is 23.6. The Hall–Kier alpha value is -3.18. The number of carbonyl (C=O) groups is 3. The molecule has 0 unspecified atom stereocenters. The Morgan fingerprint density at radius 2 is 1.89 bits per heavy atom. The Morgan fingerprint density at radius 3 is 2.58 bits per heavy atom. The lowest BCUT2D eigenvalue weighted by Gasteiger charge is -2.16. The molecule has 1 aliphatic heterocycles. The van der Waals surface area contributed by atoms with Crippen LogP contribution < -0.4 is 14.8 Å². The number of ether oxygens (including phenoxy) is 3. The number of halogens is 4. The second-order valence-electron chi connectivity index (χ2n) is 7.79. The van der Waals surface area contributed by atoms with E-state index in [2.05, 4.69) is 26.0 Å². The summed E-state index contributed by atoms with van der Waals surface area (Å²) in [6, 6.07) is 8.84. The highest BCUT2D eigenvalue weighted by atomic mass is 79.9. The van der Waals surface area contributed by atoms with Gasteiger partial charge in [0.1, 0.15) is 23.1 Å². The molecule has 1 N–H and O–H groups in total. The zero-order valence-electron chi connectivity index (χ0n) is 19.8. The van der Waals surface area contributed by atoms with E-state index in [1.807, 2.05) is 0 Å². The highest BCUT2D eigenvalue weighted by molar-refractivity contribution is 9.10. The molecular formula is C25H18BrCl3N2O7. The number of carbonyl (C=O) groups excluding carboxylic acids is 3. The van der Waals surface area contributed by atoms with Crippen LogP contribution in [-0.4, -0.2) is 37.0 Å². The molecule has 1 fully saturated rings. The Balaban J connectivity index is 1.56. The maximum atomic E-state index is 13.0. The summed E-state index contributed by atoms with van der Waals surface area (Å²) in [6.45, 7) is -0.1000. The van der Waals surface area contributed by atoms with Crippen LogP contribution in [0.1, 0.15) is 27.4 Å². The molecule has 0 aliphatic carbocycles. The van der Waals surface area contributed by atoms with Crippen molar-refractivity contribution in [3.63, 3.8) is 0 Å². The molecule has 0 atom stereocenters. The number of urea groups is 1. The normalized spacial score (nSPS) is 14.2. The van der Waals surface area contributed by atoms with E-state index in [9.17, 15) is 14.4 Å². The fourth-order valence-electron chi connectivity index (χ4n) is 3.48. The van der Waals surface area contributed by atoms with Crippen LogP contribution in [0.2, 0.25) is 15.1 Å². The maximum absolute atomic E-state index is 13.0. The van der Waals surface area contributed by atoms with Gasteiger partial charge in [0.05, 0.1) is 20.8 Å². The highest BCUT2D eigenvalue weighted by Crippen LogP contribution is 2.44. The predicted octanol–water partition coefficient (Wildman–Crippen LogP) is 6.47. The largest absolute Gasteiger partial charge is 0.493 e. The van der Waals surface area contributed by atoms with Crippen LogP contribution in [0.25, 0.3) is 6.08 Å². The third kappa shape index (κ3) is 5.78. The molecule has 0 bridgehead atoms. The summed E-state index contributed by atoms with van der Waals surface area (Å²) in [6.07, 6.45) is 1.45. The van der Waals surface area contributed by atoms with Crippen molar-refractivity contribution in [3.05, 3.63) is 84.3 Å². The molecule has 1 aromatic heterocycles. The first-order chi connectivity index (χ1) is 18.1. The average molecular weight is 645 g/mol. The van der Waals surface area contributed by atoms with E-state index in [-0.39, 0.29) is 46.9 Å². The predicted molar refractivity (Wildman–Crippen MR) is 144 cm³/mol. The summed E-state index contributed by atoms with van der Waals surface area (Å²) in [4.78, 5) is 38.0. The minimum atomic E-state index is -0.673. The molecule has 0 saturated carbocycles. The molecule has 198 valence electrons.